The largest absolute Gasteiger partial charge is 0.420 e. The van der Waals surface area contributed by atoms with E-state index in [1.54, 1.807) is 11.9 Å². The summed E-state index contributed by atoms with van der Waals surface area (Å²) in [4.78, 5) is 45.1. The molecule has 1 unspecified atom stereocenters. The summed E-state index contributed by atoms with van der Waals surface area (Å²) in [7, 11) is 3.59. The fourth-order valence-electron chi connectivity index (χ4n) is 4.91. The number of halogens is 1. The SMILES string of the molecule is CC(=O)OC1=C(N(C)CC(=O)NC2CCCC2)N(C)C(Cc2ccc(NC(=O)Nc3ccccc3)cc2)N=C1Cl. The first-order valence-corrected chi connectivity index (χ1v) is 13.7. The molecule has 1 fully saturated rings. The molecule has 3 N–H and O–H groups in total. The van der Waals surface area contributed by atoms with Gasteiger partial charge in [0.05, 0.1) is 6.54 Å². The molecule has 40 heavy (non-hydrogen) atoms. The maximum atomic E-state index is 12.8. The summed E-state index contributed by atoms with van der Waals surface area (Å²) >= 11 is 6.52. The minimum atomic E-state index is -0.532. The molecule has 2 aliphatic rings. The molecule has 0 radical (unpaired) electrons. The number of para-hydroxylation sites is 1. The van der Waals surface area contributed by atoms with Crippen molar-refractivity contribution in [3.8, 4) is 0 Å². The van der Waals surface area contributed by atoms with E-state index in [0.717, 1.165) is 31.2 Å². The van der Waals surface area contributed by atoms with E-state index in [4.69, 9.17) is 16.3 Å². The van der Waals surface area contributed by atoms with E-state index in [-0.39, 0.29) is 35.5 Å². The Balaban J connectivity index is 1.42. The molecular weight excluding hydrogens is 532 g/mol. The Kier molecular flexibility index (Phi) is 9.65. The van der Waals surface area contributed by atoms with Crippen LogP contribution in [0, 0.1) is 0 Å². The van der Waals surface area contributed by atoms with Crippen LogP contribution in [0.5, 0.6) is 0 Å². The number of benzene rings is 2. The number of hydrogen-bond acceptors (Lipinski definition) is 7. The number of urea groups is 1. The zero-order valence-corrected chi connectivity index (χ0v) is 23.7. The molecule has 1 aliphatic carbocycles. The summed E-state index contributed by atoms with van der Waals surface area (Å²) in [6, 6.07) is 16.5. The number of ether oxygens (including phenoxy) is 1. The van der Waals surface area contributed by atoms with Gasteiger partial charge in [-0.3, -0.25) is 9.59 Å². The van der Waals surface area contributed by atoms with Crippen molar-refractivity contribution in [2.45, 2.75) is 51.2 Å². The molecule has 2 aromatic rings. The number of nitrogens with zero attached hydrogens (tertiary/aromatic N) is 3. The number of allylic oxidation sites excluding steroid dienone is 1. The van der Waals surface area contributed by atoms with Gasteiger partial charge in [0.2, 0.25) is 11.7 Å². The van der Waals surface area contributed by atoms with Crippen LogP contribution in [0.1, 0.15) is 38.2 Å². The third kappa shape index (κ3) is 7.75. The van der Waals surface area contributed by atoms with Gasteiger partial charge in [-0.2, -0.15) is 0 Å². The molecule has 0 bridgehead atoms. The van der Waals surface area contributed by atoms with Crippen LogP contribution >= 0.6 is 11.6 Å². The standard InChI is InChI=1S/C29H35ClN6O4/c1-19(37)40-26-27(30)34-24(36(3)28(26)35(2)18-25(38)31-21-11-7-8-12-21)17-20-13-15-23(16-14-20)33-29(39)32-22-9-5-4-6-10-22/h4-6,9-10,13-16,21,24H,7-8,11-12,17-18H2,1-3H3,(H,31,38)(H2,32,33,39). The molecule has 0 spiro atoms. The number of nitrogens with one attached hydrogen (secondary N) is 3. The highest BCUT2D eigenvalue weighted by Crippen LogP contribution is 2.28. The van der Waals surface area contributed by atoms with Gasteiger partial charge in [-0.1, -0.05) is 54.8 Å². The molecule has 11 heteroatoms. The third-order valence-corrected chi connectivity index (χ3v) is 7.07. The van der Waals surface area contributed by atoms with Gasteiger partial charge in [0.1, 0.15) is 6.17 Å². The van der Waals surface area contributed by atoms with Crippen molar-refractivity contribution in [3.63, 3.8) is 0 Å². The minimum absolute atomic E-state index is 0.0622. The number of carbonyl (C=O) groups is 3. The fraction of sp³-hybridized carbons (Fsp3) is 0.379. The number of aliphatic imine (C=N–C) groups is 1. The summed E-state index contributed by atoms with van der Waals surface area (Å²) in [5.74, 6) is -0.0198. The van der Waals surface area contributed by atoms with Crippen LogP contribution in [-0.4, -0.2) is 65.7 Å². The second-order valence-electron chi connectivity index (χ2n) is 10.0. The first-order chi connectivity index (χ1) is 19.2. The van der Waals surface area contributed by atoms with E-state index in [9.17, 15) is 14.4 Å². The predicted octanol–water partition coefficient (Wildman–Crippen LogP) is 4.50. The van der Waals surface area contributed by atoms with Crippen molar-refractivity contribution in [1.29, 1.82) is 0 Å². The average Bonchev–Trinajstić information content (AvgIpc) is 3.41. The number of carbonyl (C=O) groups excluding carboxylic acids is 3. The van der Waals surface area contributed by atoms with Gasteiger partial charge >= 0.3 is 12.0 Å². The van der Waals surface area contributed by atoms with Crippen molar-refractivity contribution in [1.82, 2.24) is 15.1 Å². The molecule has 212 valence electrons. The lowest BCUT2D eigenvalue weighted by atomic mass is 10.1. The van der Waals surface area contributed by atoms with Gasteiger partial charge < -0.3 is 30.5 Å². The molecule has 1 aliphatic heterocycles. The lowest BCUT2D eigenvalue weighted by Crippen LogP contribution is -2.47. The van der Waals surface area contributed by atoms with Crippen molar-refractivity contribution < 1.29 is 19.1 Å². The molecule has 0 saturated heterocycles. The van der Waals surface area contributed by atoms with Crippen LogP contribution in [0.2, 0.25) is 0 Å². The Hall–Kier alpha value is -4.05. The molecule has 4 rings (SSSR count). The average molecular weight is 567 g/mol. The summed E-state index contributed by atoms with van der Waals surface area (Å²) in [5.41, 5.74) is 2.29. The monoisotopic (exact) mass is 566 g/mol. The number of amides is 3. The Morgan fingerprint density at radius 1 is 1.02 bits per heavy atom. The van der Waals surface area contributed by atoms with Crippen LogP contribution in [0.3, 0.4) is 0 Å². The first kappa shape index (κ1) is 28.9. The Morgan fingerprint density at radius 2 is 1.65 bits per heavy atom. The third-order valence-electron chi connectivity index (χ3n) is 6.80. The number of hydrogen-bond donors (Lipinski definition) is 3. The van der Waals surface area contributed by atoms with E-state index in [1.165, 1.54) is 6.92 Å². The summed E-state index contributed by atoms with van der Waals surface area (Å²) in [6.45, 7) is 1.37. The fourth-order valence-corrected chi connectivity index (χ4v) is 5.15. The van der Waals surface area contributed by atoms with Gasteiger partial charge in [0.15, 0.2) is 11.0 Å². The van der Waals surface area contributed by atoms with Crippen LogP contribution < -0.4 is 16.0 Å². The minimum Gasteiger partial charge on any atom is -0.420 e. The van der Waals surface area contributed by atoms with Crippen molar-refractivity contribution in [3.05, 3.63) is 71.7 Å². The summed E-state index contributed by atoms with van der Waals surface area (Å²) in [6.07, 6.45) is 4.30. The van der Waals surface area contributed by atoms with Crippen molar-refractivity contribution in [2.24, 2.45) is 4.99 Å². The second-order valence-corrected chi connectivity index (χ2v) is 10.4. The maximum absolute atomic E-state index is 12.8. The molecule has 2 aromatic carbocycles. The second kappa shape index (κ2) is 13.3. The number of rotatable bonds is 9. The van der Waals surface area contributed by atoms with E-state index in [2.05, 4.69) is 20.9 Å². The maximum Gasteiger partial charge on any atom is 0.323 e. The smallest absolute Gasteiger partial charge is 0.323 e. The molecule has 3 amide bonds. The highest BCUT2D eigenvalue weighted by molar-refractivity contribution is 6.69. The van der Waals surface area contributed by atoms with E-state index >= 15 is 0 Å². The lowest BCUT2D eigenvalue weighted by molar-refractivity contribution is -0.136. The summed E-state index contributed by atoms with van der Waals surface area (Å²) < 4.78 is 5.43. The summed E-state index contributed by atoms with van der Waals surface area (Å²) in [5, 5.41) is 8.75. The van der Waals surface area contributed by atoms with Crippen molar-refractivity contribution >= 4 is 46.1 Å². The zero-order valence-electron chi connectivity index (χ0n) is 22.9. The van der Waals surface area contributed by atoms with Crippen LogP contribution in [0.4, 0.5) is 16.2 Å². The molecule has 10 nitrogen and oxygen atoms in total. The molecule has 1 saturated carbocycles. The molecule has 0 aromatic heterocycles. The highest BCUT2D eigenvalue weighted by Gasteiger charge is 2.33. The quantitative estimate of drug-likeness (QED) is 0.385. The molecule has 1 heterocycles. The zero-order chi connectivity index (χ0) is 28.6. The Labute approximate surface area is 239 Å². The number of likely N-dealkylation sites (N-methyl/N-ethyl adjacent to an activating group) is 2. The van der Waals surface area contributed by atoms with E-state index in [0.29, 0.717) is 23.6 Å². The van der Waals surface area contributed by atoms with Gasteiger partial charge in [-0.25, -0.2) is 9.79 Å². The van der Waals surface area contributed by atoms with Crippen LogP contribution in [-0.2, 0) is 20.7 Å². The van der Waals surface area contributed by atoms with E-state index < -0.39 is 12.1 Å². The molecular formula is C29H35ClN6O4. The number of esters is 1. The van der Waals surface area contributed by atoms with Crippen LogP contribution in [0.25, 0.3) is 0 Å². The molecule has 1 atom stereocenters. The van der Waals surface area contributed by atoms with Gasteiger partial charge in [-0.15, -0.1) is 0 Å². The van der Waals surface area contributed by atoms with Gasteiger partial charge in [0, 0.05) is 44.9 Å². The topological polar surface area (TPSA) is 115 Å². The van der Waals surface area contributed by atoms with E-state index in [1.807, 2.05) is 66.5 Å². The Bertz CT molecular complexity index is 1280. The number of anilines is 2. The highest BCUT2D eigenvalue weighted by atomic mass is 35.5. The Morgan fingerprint density at radius 3 is 2.27 bits per heavy atom. The van der Waals surface area contributed by atoms with Gasteiger partial charge in [0.25, 0.3) is 0 Å². The first-order valence-electron chi connectivity index (χ1n) is 13.3. The van der Waals surface area contributed by atoms with Crippen molar-refractivity contribution in [2.75, 3.05) is 31.3 Å². The predicted molar refractivity (Wildman–Crippen MR) is 156 cm³/mol. The lowest BCUT2D eigenvalue weighted by Gasteiger charge is -2.38. The van der Waals surface area contributed by atoms with Gasteiger partial charge in [-0.05, 0) is 42.7 Å². The normalized spacial score (nSPS) is 17.2. The van der Waals surface area contributed by atoms with Crippen LogP contribution in [0.15, 0.2) is 71.2 Å².